The summed E-state index contributed by atoms with van der Waals surface area (Å²) < 4.78 is 44.7. The minimum absolute atomic E-state index is 0. The molecule has 1 aromatic heterocycles. The lowest BCUT2D eigenvalue weighted by Crippen LogP contribution is -2.37. The Bertz CT molecular complexity index is 451. The van der Waals surface area contributed by atoms with E-state index in [1.807, 2.05) is 0 Å². The zero-order valence-electron chi connectivity index (χ0n) is 12.9. The van der Waals surface area contributed by atoms with Crippen molar-refractivity contribution in [2.24, 2.45) is 7.05 Å². The van der Waals surface area contributed by atoms with Crippen LogP contribution in [0.15, 0.2) is 6.20 Å². The minimum atomic E-state index is -4.37. The molecule has 5 nitrogen and oxygen atoms in total. The number of aryl methyl sites for hydroxylation is 1. The topological polar surface area (TPSA) is 42.3 Å². The monoisotopic (exact) mass is 378 g/mol. The van der Waals surface area contributed by atoms with E-state index in [2.05, 4.69) is 15.3 Å². The Labute approximate surface area is 146 Å². The molecule has 1 aliphatic rings. The molecule has 2 rings (SSSR count). The number of aromatic nitrogens is 2. The van der Waals surface area contributed by atoms with Crippen LogP contribution in [0, 0.1) is 0 Å². The van der Waals surface area contributed by atoms with Crippen LogP contribution in [-0.4, -0.2) is 54.1 Å². The molecule has 0 saturated carbocycles. The molecule has 0 amide bonds. The summed E-state index contributed by atoms with van der Waals surface area (Å²) in [6.45, 7) is 5.20. The molecule has 1 saturated heterocycles. The van der Waals surface area contributed by atoms with Crippen LogP contribution in [-0.2, 0) is 24.5 Å². The summed E-state index contributed by atoms with van der Waals surface area (Å²) in [6, 6.07) is 0. The molecule has 0 unspecified atom stereocenters. The van der Waals surface area contributed by atoms with Crippen molar-refractivity contribution in [1.29, 1.82) is 0 Å². The Morgan fingerprint density at radius 1 is 1.26 bits per heavy atom. The molecule has 10 heteroatoms. The van der Waals surface area contributed by atoms with E-state index in [-0.39, 0.29) is 36.9 Å². The zero-order chi connectivity index (χ0) is 15.3. The highest BCUT2D eigenvalue weighted by Crippen LogP contribution is 2.31. The third kappa shape index (κ3) is 6.84. The lowest BCUT2D eigenvalue weighted by Gasteiger charge is -2.26. The highest BCUT2D eigenvalue weighted by molar-refractivity contribution is 5.85. The molecule has 23 heavy (non-hydrogen) atoms. The van der Waals surface area contributed by atoms with Crippen LogP contribution in [0.2, 0.25) is 0 Å². The van der Waals surface area contributed by atoms with Crippen molar-refractivity contribution >= 4 is 24.8 Å². The predicted octanol–water partition coefficient (Wildman–Crippen LogP) is 2.09. The Hall–Kier alpha value is -0.540. The lowest BCUT2D eigenvalue weighted by molar-refractivity contribution is -0.144. The lowest BCUT2D eigenvalue weighted by atomic mass is 10.2. The summed E-state index contributed by atoms with van der Waals surface area (Å²) in [4.78, 5) is 2.30. The van der Waals surface area contributed by atoms with Crippen LogP contribution in [0.25, 0.3) is 0 Å². The zero-order valence-corrected chi connectivity index (χ0v) is 14.6. The molecule has 0 aromatic carbocycles. The van der Waals surface area contributed by atoms with E-state index in [0.717, 1.165) is 44.0 Å². The second kappa shape index (κ2) is 10.4. The fourth-order valence-corrected chi connectivity index (χ4v) is 2.45. The maximum atomic E-state index is 12.9. The van der Waals surface area contributed by atoms with Crippen LogP contribution in [0.5, 0.6) is 0 Å². The van der Waals surface area contributed by atoms with E-state index in [0.29, 0.717) is 6.54 Å². The van der Waals surface area contributed by atoms with Gasteiger partial charge in [-0.05, 0) is 19.5 Å². The number of nitrogens with zero attached hydrogens (tertiary/aromatic N) is 3. The number of ether oxygens (including phenoxy) is 1. The number of alkyl halides is 3. The standard InChI is InChI=1S/C13H21F3N4O.2ClH/c1-19-12(13(14,15)16)11(10-18-19)9-17-3-2-4-20-5-7-21-8-6-20;;/h10,17H,2-9H2,1H3;2*1H. The molecule has 1 fully saturated rings. The highest BCUT2D eigenvalue weighted by atomic mass is 35.5. The van der Waals surface area contributed by atoms with Gasteiger partial charge >= 0.3 is 6.18 Å². The van der Waals surface area contributed by atoms with Gasteiger partial charge in [-0.3, -0.25) is 9.58 Å². The van der Waals surface area contributed by atoms with Crippen LogP contribution >= 0.6 is 24.8 Å². The number of hydrogen-bond acceptors (Lipinski definition) is 4. The van der Waals surface area contributed by atoms with E-state index in [1.165, 1.54) is 13.2 Å². The van der Waals surface area contributed by atoms with E-state index in [9.17, 15) is 13.2 Å². The van der Waals surface area contributed by atoms with Crippen molar-refractivity contribution in [2.75, 3.05) is 39.4 Å². The van der Waals surface area contributed by atoms with E-state index < -0.39 is 11.9 Å². The second-order valence-electron chi connectivity index (χ2n) is 5.12. The summed E-state index contributed by atoms with van der Waals surface area (Å²) in [6.07, 6.45) is -2.19. The molecule has 1 aromatic rings. The molecular weight excluding hydrogens is 356 g/mol. The molecule has 0 bridgehead atoms. The molecule has 0 spiro atoms. The van der Waals surface area contributed by atoms with Crippen molar-refractivity contribution in [2.45, 2.75) is 19.1 Å². The largest absolute Gasteiger partial charge is 0.433 e. The van der Waals surface area contributed by atoms with Crippen molar-refractivity contribution in [3.05, 3.63) is 17.5 Å². The van der Waals surface area contributed by atoms with E-state index in [1.54, 1.807) is 0 Å². The van der Waals surface area contributed by atoms with Crippen LogP contribution in [0.3, 0.4) is 0 Å². The van der Waals surface area contributed by atoms with Gasteiger partial charge in [-0.1, -0.05) is 0 Å². The van der Waals surface area contributed by atoms with Gasteiger partial charge in [-0.25, -0.2) is 0 Å². The maximum absolute atomic E-state index is 12.9. The molecule has 0 radical (unpaired) electrons. The highest BCUT2D eigenvalue weighted by Gasteiger charge is 2.36. The minimum Gasteiger partial charge on any atom is -0.379 e. The van der Waals surface area contributed by atoms with Gasteiger partial charge in [0.1, 0.15) is 5.69 Å². The summed E-state index contributed by atoms with van der Waals surface area (Å²) in [7, 11) is 1.31. The number of hydrogen-bond donors (Lipinski definition) is 1. The van der Waals surface area contributed by atoms with Crippen molar-refractivity contribution < 1.29 is 17.9 Å². The SMILES string of the molecule is Cl.Cl.Cn1ncc(CNCCCN2CCOCC2)c1C(F)(F)F. The Kier molecular flexibility index (Phi) is 10.1. The Morgan fingerprint density at radius 3 is 2.52 bits per heavy atom. The predicted molar refractivity (Wildman–Crippen MR) is 86.3 cm³/mol. The fraction of sp³-hybridized carbons (Fsp3) is 0.769. The van der Waals surface area contributed by atoms with Gasteiger partial charge < -0.3 is 10.1 Å². The van der Waals surface area contributed by atoms with Crippen molar-refractivity contribution in [3.8, 4) is 0 Å². The molecule has 1 N–H and O–H groups in total. The quantitative estimate of drug-likeness (QED) is 0.769. The van der Waals surface area contributed by atoms with Gasteiger partial charge in [0, 0.05) is 32.2 Å². The first-order valence-corrected chi connectivity index (χ1v) is 7.07. The Balaban J connectivity index is 0.00000242. The van der Waals surface area contributed by atoms with Crippen LogP contribution < -0.4 is 5.32 Å². The summed E-state index contributed by atoms with van der Waals surface area (Å²) in [5.41, 5.74) is -0.487. The number of morpholine rings is 1. The van der Waals surface area contributed by atoms with Crippen molar-refractivity contribution in [3.63, 3.8) is 0 Å². The molecule has 0 aliphatic carbocycles. The second-order valence-corrected chi connectivity index (χ2v) is 5.12. The number of nitrogens with one attached hydrogen (secondary N) is 1. The average Bonchev–Trinajstić information content (AvgIpc) is 2.80. The smallest absolute Gasteiger partial charge is 0.379 e. The molecule has 1 aliphatic heterocycles. The third-order valence-electron chi connectivity index (χ3n) is 3.53. The molecule has 0 atom stereocenters. The number of rotatable bonds is 6. The van der Waals surface area contributed by atoms with Crippen molar-refractivity contribution in [1.82, 2.24) is 20.0 Å². The molecule has 2 heterocycles. The first-order chi connectivity index (χ1) is 9.98. The van der Waals surface area contributed by atoms with Gasteiger partial charge in [-0.2, -0.15) is 18.3 Å². The molecule has 136 valence electrons. The first-order valence-electron chi connectivity index (χ1n) is 7.07. The first kappa shape index (κ1) is 22.5. The summed E-state index contributed by atoms with van der Waals surface area (Å²) in [5, 5.41) is 6.75. The normalized spacial score (nSPS) is 15.8. The summed E-state index contributed by atoms with van der Waals surface area (Å²) in [5.74, 6) is 0. The third-order valence-corrected chi connectivity index (χ3v) is 3.53. The van der Waals surface area contributed by atoms with Crippen LogP contribution in [0.1, 0.15) is 17.7 Å². The van der Waals surface area contributed by atoms with E-state index >= 15 is 0 Å². The van der Waals surface area contributed by atoms with E-state index in [4.69, 9.17) is 4.74 Å². The maximum Gasteiger partial charge on any atom is 0.433 e. The van der Waals surface area contributed by atoms with Gasteiger partial charge in [0.05, 0.1) is 19.4 Å². The number of halogens is 5. The molecular formula is C13H23Cl2F3N4O. The fourth-order valence-electron chi connectivity index (χ4n) is 2.45. The van der Waals surface area contributed by atoms with Gasteiger partial charge in [-0.15, -0.1) is 24.8 Å². The Morgan fingerprint density at radius 2 is 1.91 bits per heavy atom. The summed E-state index contributed by atoms with van der Waals surface area (Å²) >= 11 is 0. The van der Waals surface area contributed by atoms with Gasteiger partial charge in [0.25, 0.3) is 0 Å². The average molecular weight is 379 g/mol. The van der Waals surface area contributed by atoms with Crippen LogP contribution in [0.4, 0.5) is 13.2 Å². The van der Waals surface area contributed by atoms with Gasteiger partial charge in [0.2, 0.25) is 0 Å². The van der Waals surface area contributed by atoms with Gasteiger partial charge in [0.15, 0.2) is 0 Å².